The smallest absolute Gasteiger partial charge is 0.222 e. The molecule has 2 rings (SSSR count). The Labute approximate surface area is 170 Å². The Bertz CT molecular complexity index is 606. The molecule has 1 fully saturated rings. The van der Waals surface area contributed by atoms with E-state index in [0.29, 0.717) is 19.6 Å². The van der Waals surface area contributed by atoms with Crippen molar-refractivity contribution in [3.63, 3.8) is 0 Å². The van der Waals surface area contributed by atoms with Crippen LogP contribution in [0.2, 0.25) is 0 Å². The number of nitrogens with one attached hydrogen (secondary N) is 3. The van der Waals surface area contributed by atoms with Crippen LogP contribution in [0.1, 0.15) is 51.2 Å². The Hall–Kier alpha value is -2.08. The number of carbonyl (C=O) groups excluding carboxylic acids is 1. The van der Waals surface area contributed by atoms with Gasteiger partial charge >= 0.3 is 0 Å². The van der Waals surface area contributed by atoms with Gasteiger partial charge in [-0.1, -0.05) is 44.5 Å². The van der Waals surface area contributed by atoms with Crippen LogP contribution >= 0.6 is 0 Å². The average molecular weight is 388 g/mol. The standard InChI is InChI=1S/C22H37N5O/c1-4-23-22(25-13-12-24-21(28)18(2)3)26-16-19-8-10-20(11-9-19)17-27-14-6-5-7-15-27/h8-11,18H,4-7,12-17H2,1-3H3,(H,24,28)(H2,23,25,26). The molecule has 0 spiro atoms. The monoisotopic (exact) mass is 387 g/mol. The second-order valence-electron chi connectivity index (χ2n) is 7.72. The van der Waals surface area contributed by atoms with E-state index in [2.05, 4.69) is 50.1 Å². The number of hydrogen-bond donors (Lipinski definition) is 3. The van der Waals surface area contributed by atoms with Gasteiger partial charge in [-0.15, -0.1) is 0 Å². The maximum Gasteiger partial charge on any atom is 0.222 e. The van der Waals surface area contributed by atoms with Crippen molar-refractivity contribution in [1.82, 2.24) is 20.9 Å². The predicted octanol–water partition coefficient (Wildman–Crippen LogP) is 2.50. The van der Waals surface area contributed by atoms with Gasteiger partial charge in [-0.2, -0.15) is 0 Å². The number of aliphatic imine (C=N–C) groups is 1. The van der Waals surface area contributed by atoms with E-state index < -0.39 is 0 Å². The highest BCUT2D eigenvalue weighted by Gasteiger charge is 2.10. The van der Waals surface area contributed by atoms with Crippen molar-refractivity contribution in [3.8, 4) is 0 Å². The lowest BCUT2D eigenvalue weighted by Gasteiger charge is -2.26. The number of rotatable bonds is 9. The quantitative estimate of drug-likeness (QED) is 0.346. The van der Waals surface area contributed by atoms with Crippen LogP contribution < -0.4 is 16.0 Å². The van der Waals surface area contributed by atoms with Gasteiger partial charge in [0.25, 0.3) is 0 Å². The van der Waals surface area contributed by atoms with E-state index in [9.17, 15) is 4.79 Å². The third kappa shape index (κ3) is 8.30. The molecule has 6 heteroatoms. The van der Waals surface area contributed by atoms with Gasteiger partial charge in [0.1, 0.15) is 0 Å². The lowest BCUT2D eigenvalue weighted by molar-refractivity contribution is -0.123. The molecule has 1 aliphatic rings. The van der Waals surface area contributed by atoms with Crippen LogP contribution in [0.15, 0.2) is 29.3 Å². The van der Waals surface area contributed by atoms with Crippen LogP contribution in [0, 0.1) is 5.92 Å². The lowest BCUT2D eigenvalue weighted by Crippen LogP contribution is -2.42. The summed E-state index contributed by atoms with van der Waals surface area (Å²) in [7, 11) is 0. The Morgan fingerprint density at radius 2 is 1.64 bits per heavy atom. The van der Waals surface area contributed by atoms with Gasteiger partial charge in [0, 0.05) is 32.1 Å². The molecule has 1 amide bonds. The van der Waals surface area contributed by atoms with Crippen LogP contribution in [0.5, 0.6) is 0 Å². The van der Waals surface area contributed by atoms with Crippen LogP contribution in [0.3, 0.4) is 0 Å². The molecule has 0 aromatic heterocycles. The fourth-order valence-corrected chi connectivity index (χ4v) is 3.21. The van der Waals surface area contributed by atoms with Crippen molar-refractivity contribution < 1.29 is 4.79 Å². The fraction of sp³-hybridized carbons (Fsp3) is 0.636. The van der Waals surface area contributed by atoms with Crippen molar-refractivity contribution in [2.75, 3.05) is 32.7 Å². The van der Waals surface area contributed by atoms with Gasteiger partial charge in [0.15, 0.2) is 5.96 Å². The molecule has 0 bridgehead atoms. The summed E-state index contributed by atoms with van der Waals surface area (Å²) in [6.45, 7) is 12.0. The zero-order valence-electron chi connectivity index (χ0n) is 17.8. The Morgan fingerprint density at radius 3 is 2.29 bits per heavy atom. The normalized spacial score (nSPS) is 15.5. The molecular weight excluding hydrogens is 350 g/mol. The summed E-state index contributed by atoms with van der Waals surface area (Å²) in [6, 6.07) is 8.80. The fourth-order valence-electron chi connectivity index (χ4n) is 3.21. The minimum absolute atomic E-state index is 0.0137. The van der Waals surface area contributed by atoms with E-state index in [1.54, 1.807) is 0 Å². The van der Waals surface area contributed by atoms with Crippen LogP contribution in [-0.4, -0.2) is 49.5 Å². The average Bonchev–Trinajstić information content (AvgIpc) is 2.70. The van der Waals surface area contributed by atoms with E-state index in [-0.39, 0.29) is 11.8 Å². The Kier molecular flexibility index (Phi) is 9.83. The minimum atomic E-state index is 0.0137. The van der Waals surface area contributed by atoms with E-state index in [1.807, 2.05) is 20.8 Å². The second kappa shape index (κ2) is 12.4. The Morgan fingerprint density at radius 1 is 1.00 bits per heavy atom. The molecule has 0 unspecified atom stereocenters. The van der Waals surface area contributed by atoms with Gasteiger partial charge in [0.05, 0.1) is 6.54 Å². The third-order valence-corrected chi connectivity index (χ3v) is 4.88. The topological polar surface area (TPSA) is 68.8 Å². The van der Waals surface area contributed by atoms with E-state index in [4.69, 9.17) is 0 Å². The zero-order valence-corrected chi connectivity index (χ0v) is 17.8. The molecule has 0 saturated carbocycles. The number of benzene rings is 1. The predicted molar refractivity (Wildman–Crippen MR) is 116 cm³/mol. The zero-order chi connectivity index (χ0) is 20.2. The van der Waals surface area contributed by atoms with Gasteiger partial charge in [-0.05, 0) is 44.0 Å². The summed E-state index contributed by atoms with van der Waals surface area (Å²) < 4.78 is 0. The Balaban J connectivity index is 1.78. The number of guanidine groups is 1. The van der Waals surface area contributed by atoms with Gasteiger partial charge in [-0.3, -0.25) is 9.69 Å². The van der Waals surface area contributed by atoms with Crippen LogP contribution in [0.25, 0.3) is 0 Å². The maximum absolute atomic E-state index is 11.6. The molecule has 1 heterocycles. The SMILES string of the molecule is CCNC(=NCc1ccc(CN2CCCCC2)cc1)NCCNC(=O)C(C)C. The molecule has 1 saturated heterocycles. The summed E-state index contributed by atoms with van der Waals surface area (Å²) in [5.41, 5.74) is 2.58. The molecule has 1 aromatic rings. The van der Waals surface area contributed by atoms with Crippen LogP contribution in [-0.2, 0) is 17.9 Å². The van der Waals surface area contributed by atoms with Crippen molar-refractivity contribution in [1.29, 1.82) is 0 Å². The molecule has 0 aliphatic carbocycles. The second-order valence-corrected chi connectivity index (χ2v) is 7.72. The molecule has 0 radical (unpaired) electrons. The van der Waals surface area contributed by atoms with Gasteiger partial charge in [-0.25, -0.2) is 4.99 Å². The highest BCUT2D eigenvalue weighted by molar-refractivity contribution is 5.80. The first kappa shape index (κ1) is 22.2. The van der Waals surface area contributed by atoms with Crippen LogP contribution in [0.4, 0.5) is 0 Å². The molecule has 0 atom stereocenters. The maximum atomic E-state index is 11.6. The van der Waals surface area contributed by atoms with Crippen molar-refractivity contribution in [2.45, 2.75) is 53.1 Å². The first-order valence-corrected chi connectivity index (χ1v) is 10.7. The first-order valence-electron chi connectivity index (χ1n) is 10.7. The summed E-state index contributed by atoms with van der Waals surface area (Å²) in [5.74, 6) is 0.867. The van der Waals surface area contributed by atoms with Crippen molar-refractivity contribution >= 4 is 11.9 Å². The van der Waals surface area contributed by atoms with Gasteiger partial charge < -0.3 is 16.0 Å². The van der Waals surface area contributed by atoms with Crippen molar-refractivity contribution in [3.05, 3.63) is 35.4 Å². The lowest BCUT2D eigenvalue weighted by atomic mass is 10.1. The summed E-state index contributed by atoms with van der Waals surface area (Å²) >= 11 is 0. The molecule has 156 valence electrons. The number of carbonyl (C=O) groups is 1. The van der Waals surface area contributed by atoms with Gasteiger partial charge in [0.2, 0.25) is 5.91 Å². The van der Waals surface area contributed by atoms with Crippen molar-refractivity contribution in [2.24, 2.45) is 10.9 Å². The molecule has 1 aliphatic heterocycles. The third-order valence-electron chi connectivity index (χ3n) is 4.88. The number of piperidine rings is 1. The van der Waals surface area contributed by atoms with E-state index >= 15 is 0 Å². The minimum Gasteiger partial charge on any atom is -0.357 e. The largest absolute Gasteiger partial charge is 0.357 e. The summed E-state index contributed by atoms with van der Waals surface area (Å²) in [4.78, 5) is 18.8. The summed E-state index contributed by atoms with van der Waals surface area (Å²) in [6.07, 6.45) is 4.03. The number of amides is 1. The first-order chi connectivity index (χ1) is 13.6. The number of nitrogens with zero attached hydrogens (tertiary/aromatic N) is 2. The highest BCUT2D eigenvalue weighted by Crippen LogP contribution is 2.14. The van der Waals surface area contributed by atoms with E-state index in [1.165, 1.54) is 43.5 Å². The number of likely N-dealkylation sites (tertiary alicyclic amines) is 1. The molecule has 28 heavy (non-hydrogen) atoms. The molecule has 3 N–H and O–H groups in total. The molecular formula is C22H37N5O. The number of hydrogen-bond acceptors (Lipinski definition) is 3. The molecule has 6 nitrogen and oxygen atoms in total. The highest BCUT2D eigenvalue weighted by atomic mass is 16.1. The molecule has 1 aromatic carbocycles. The van der Waals surface area contributed by atoms with E-state index in [0.717, 1.165) is 19.0 Å². The summed E-state index contributed by atoms with van der Waals surface area (Å²) in [5, 5.41) is 9.42.